The highest BCUT2D eigenvalue weighted by Crippen LogP contribution is 2.34. The number of anilines is 2. The second-order valence-corrected chi connectivity index (χ2v) is 8.62. The zero-order valence-corrected chi connectivity index (χ0v) is 19.5. The Morgan fingerprint density at radius 3 is 2.65 bits per heavy atom. The summed E-state index contributed by atoms with van der Waals surface area (Å²) >= 11 is 0. The van der Waals surface area contributed by atoms with Crippen molar-refractivity contribution in [2.75, 3.05) is 43.6 Å². The SMILES string of the molecule is COc1ccc(NC(=O)C2CCCN(C(=O)CCOc3ccccc3)C2)cc1N1CCCC1=O. The lowest BCUT2D eigenvalue weighted by Gasteiger charge is -2.32. The molecule has 0 aliphatic carbocycles. The summed E-state index contributed by atoms with van der Waals surface area (Å²) in [6.07, 6.45) is 3.10. The van der Waals surface area contributed by atoms with E-state index in [2.05, 4.69) is 5.32 Å². The minimum absolute atomic E-state index is 0.00675. The molecule has 2 aromatic rings. The highest BCUT2D eigenvalue weighted by atomic mass is 16.5. The zero-order chi connectivity index (χ0) is 23.9. The van der Waals surface area contributed by atoms with Gasteiger partial charge >= 0.3 is 0 Å². The molecule has 3 amide bonds. The molecule has 1 N–H and O–H groups in total. The monoisotopic (exact) mass is 465 g/mol. The summed E-state index contributed by atoms with van der Waals surface area (Å²) in [7, 11) is 1.57. The van der Waals surface area contributed by atoms with E-state index in [1.54, 1.807) is 35.1 Å². The minimum Gasteiger partial charge on any atom is -0.495 e. The molecule has 0 saturated carbocycles. The Morgan fingerprint density at radius 1 is 1.09 bits per heavy atom. The standard InChI is InChI=1S/C26H31N3O5/c1-33-23-12-11-20(17-22(23)29-15-6-10-25(29)31)27-26(32)19-7-5-14-28(18-19)24(30)13-16-34-21-8-3-2-4-9-21/h2-4,8-9,11-12,17,19H,5-7,10,13-16,18H2,1H3,(H,27,32). The molecule has 8 nitrogen and oxygen atoms in total. The molecule has 8 heteroatoms. The number of para-hydroxylation sites is 1. The van der Waals surface area contributed by atoms with Crippen molar-refractivity contribution < 1.29 is 23.9 Å². The van der Waals surface area contributed by atoms with E-state index in [-0.39, 0.29) is 30.1 Å². The van der Waals surface area contributed by atoms with Crippen LogP contribution in [0.4, 0.5) is 11.4 Å². The zero-order valence-electron chi connectivity index (χ0n) is 19.5. The fraction of sp³-hybridized carbons (Fsp3) is 0.423. The molecule has 2 heterocycles. The molecule has 2 aliphatic rings. The van der Waals surface area contributed by atoms with Crippen LogP contribution >= 0.6 is 0 Å². The Kier molecular flexibility index (Phi) is 7.67. The number of hydrogen-bond donors (Lipinski definition) is 1. The lowest BCUT2D eigenvalue weighted by atomic mass is 9.96. The molecule has 0 bridgehead atoms. The van der Waals surface area contributed by atoms with E-state index in [0.29, 0.717) is 49.8 Å². The van der Waals surface area contributed by atoms with Gasteiger partial charge in [-0.3, -0.25) is 14.4 Å². The summed E-state index contributed by atoms with van der Waals surface area (Å²) in [5.74, 6) is 0.974. The van der Waals surface area contributed by atoms with Crippen LogP contribution in [0.15, 0.2) is 48.5 Å². The number of rotatable bonds is 8. The van der Waals surface area contributed by atoms with Crippen LogP contribution in [0.25, 0.3) is 0 Å². The summed E-state index contributed by atoms with van der Waals surface area (Å²) in [6.45, 7) is 1.99. The Balaban J connectivity index is 1.33. The van der Waals surface area contributed by atoms with Crippen molar-refractivity contribution in [1.29, 1.82) is 0 Å². The van der Waals surface area contributed by atoms with Crippen LogP contribution in [0.5, 0.6) is 11.5 Å². The fourth-order valence-corrected chi connectivity index (χ4v) is 4.47. The van der Waals surface area contributed by atoms with Crippen LogP contribution in [0.2, 0.25) is 0 Å². The van der Waals surface area contributed by atoms with E-state index in [1.165, 1.54) is 0 Å². The van der Waals surface area contributed by atoms with Crippen molar-refractivity contribution in [2.24, 2.45) is 5.92 Å². The molecule has 1 unspecified atom stereocenters. The summed E-state index contributed by atoms with van der Waals surface area (Å²) in [6, 6.07) is 14.7. The molecule has 0 spiro atoms. The van der Waals surface area contributed by atoms with Crippen molar-refractivity contribution in [2.45, 2.75) is 32.1 Å². The van der Waals surface area contributed by atoms with Gasteiger partial charge in [-0.2, -0.15) is 0 Å². The van der Waals surface area contributed by atoms with Crippen LogP contribution in [0.1, 0.15) is 32.1 Å². The molecular weight excluding hydrogens is 434 g/mol. The molecule has 2 fully saturated rings. The number of benzene rings is 2. The minimum atomic E-state index is -0.285. The summed E-state index contributed by atoms with van der Waals surface area (Å²) < 4.78 is 11.1. The molecule has 4 rings (SSSR count). The number of methoxy groups -OCH3 is 1. The number of nitrogens with zero attached hydrogens (tertiary/aromatic N) is 2. The van der Waals surface area contributed by atoms with Crippen LogP contribution < -0.4 is 19.7 Å². The average Bonchev–Trinajstić information content (AvgIpc) is 3.30. The van der Waals surface area contributed by atoms with E-state index in [0.717, 1.165) is 25.0 Å². The van der Waals surface area contributed by atoms with Gasteiger partial charge in [0.25, 0.3) is 0 Å². The number of likely N-dealkylation sites (tertiary alicyclic amines) is 1. The predicted octanol–water partition coefficient (Wildman–Crippen LogP) is 3.47. The van der Waals surface area contributed by atoms with Gasteiger partial charge in [-0.05, 0) is 49.6 Å². The molecule has 2 saturated heterocycles. The number of hydrogen-bond acceptors (Lipinski definition) is 5. The number of ether oxygens (including phenoxy) is 2. The number of amides is 3. The van der Waals surface area contributed by atoms with E-state index >= 15 is 0 Å². The number of nitrogens with one attached hydrogen (secondary N) is 1. The van der Waals surface area contributed by atoms with Gasteiger partial charge < -0.3 is 24.6 Å². The Morgan fingerprint density at radius 2 is 1.91 bits per heavy atom. The first-order chi connectivity index (χ1) is 16.5. The Hall–Kier alpha value is -3.55. The van der Waals surface area contributed by atoms with Gasteiger partial charge in [0.05, 0.1) is 31.7 Å². The van der Waals surface area contributed by atoms with Gasteiger partial charge in [0.1, 0.15) is 11.5 Å². The van der Waals surface area contributed by atoms with Crippen LogP contribution in [0, 0.1) is 5.92 Å². The number of carbonyl (C=O) groups excluding carboxylic acids is 3. The predicted molar refractivity (Wildman–Crippen MR) is 129 cm³/mol. The third-order valence-electron chi connectivity index (χ3n) is 6.28. The first-order valence-corrected chi connectivity index (χ1v) is 11.8. The molecule has 2 aromatic carbocycles. The van der Waals surface area contributed by atoms with E-state index in [1.807, 2.05) is 30.3 Å². The second-order valence-electron chi connectivity index (χ2n) is 8.62. The van der Waals surface area contributed by atoms with Crippen LogP contribution in [-0.4, -0.2) is 56.0 Å². The number of carbonyl (C=O) groups is 3. The molecule has 180 valence electrons. The van der Waals surface area contributed by atoms with Gasteiger partial charge in [0.2, 0.25) is 17.7 Å². The van der Waals surface area contributed by atoms with Crippen LogP contribution in [-0.2, 0) is 14.4 Å². The topological polar surface area (TPSA) is 88.2 Å². The number of piperidine rings is 1. The van der Waals surface area contributed by atoms with Gasteiger partial charge in [-0.25, -0.2) is 0 Å². The first-order valence-electron chi connectivity index (χ1n) is 11.8. The van der Waals surface area contributed by atoms with E-state index in [4.69, 9.17) is 9.47 Å². The molecular formula is C26H31N3O5. The molecule has 0 radical (unpaired) electrons. The summed E-state index contributed by atoms with van der Waals surface area (Å²) in [4.78, 5) is 41.3. The normalized spacial score (nSPS) is 18.0. The summed E-state index contributed by atoms with van der Waals surface area (Å²) in [5, 5.41) is 2.97. The molecule has 34 heavy (non-hydrogen) atoms. The van der Waals surface area contributed by atoms with Gasteiger partial charge in [0, 0.05) is 31.7 Å². The highest BCUT2D eigenvalue weighted by Gasteiger charge is 2.29. The molecule has 2 aliphatic heterocycles. The van der Waals surface area contributed by atoms with Gasteiger partial charge in [0.15, 0.2) is 0 Å². The van der Waals surface area contributed by atoms with Crippen molar-refractivity contribution in [3.8, 4) is 11.5 Å². The maximum Gasteiger partial charge on any atom is 0.229 e. The van der Waals surface area contributed by atoms with Crippen molar-refractivity contribution in [3.05, 3.63) is 48.5 Å². The highest BCUT2D eigenvalue weighted by molar-refractivity contribution is 5.99. The van der Waals surface area contributed by atoms with Crippen molar-refractivity contribution in [3.63, 3.8) is 0 Å². The quantitative estimate of drug-likeness (QED) is 0.645. The second kappa shape index (κ2) is 11.0. The smallest absolute Gasteiger partial charge is 0.229 e. The first kappa shape index (κ1) is 23.6. The van der Waals surface area contributed by atoms with Gasteiger partial charge in [-0.15, -0.1) is 0 Å². The maximum atomic E-state index is 13.0. The lowest BCUT2D eigenvalue weighted by molar-refractivity contribution is -0.135. The fourth-order valence-electron chi connectivity index (χ4n) is 4.47. The third kappa shape index (κ3) is 5.68. The molecule has 1 atom stereocenters. The van der Waals surface area contributed by atoms with Crippen molar-refractivity contribution in [1.82, 2.24) is 4.90 Å². The lowest BCUT2D eigenvalue weighted by Crippen LogP contribution is -2.44. The van der Waals surface area contributed by atoms with Gasteiger partial charge in [-0.1, -0.05) is 18.2 Å². The molecule has 0 aromatic heterocycles. The maximum absolute atomic E-state index is 13.0. The van der Waals surface area contributed by atoms with Crippen molar-refractivity contribution >= 4 is 29.1 Å². The Bertz CT molecular complexity index is 1030. The average molecular weight is 466 g/mol. The largest absolute Gasteiger partial charge is 0.495 e. The van der Waals surface area contributed by atoms with Crippen LogP contribution in [0.3, 0.4) is 0 Å². The summed E-state index contributed by atoms with van der Waals surface area (Å²) in [5.41, 5.74) is 1.28. The van der Waals surface area contributed by atoms with E-state index in [9.17, 15) is 14.4 Å². The van der Waals surface area contributed by atoms with E-state index < -0.39 is 0 Å². The third-order valence-corrected chi connectivity index (χ3v) is 6.28. The Labute approximate surface area is 199 Å².